The van der Waals surface area contributed by atoms with Crippen molar-refractivity contribution in [3.05, 3.63) is 82.2 Å². The highest BCUT2D eigenvalue weighted by atomic mass is 35.5. The van der Waals surface area contributed by atoms with Gasteiger partial charge in [-0.05, 0) is 35.9 Å². The molecule has 1 saturated heterocycles. The summed E-state index contributed by atoms with van der Waals surface area (Å²) in [6.45, 7) is 3.53. The van der Waals surface area contributed by atoms with Crippen molar-refractivity contribution in [2.45, 2.75) is 6.36 Å². The summed E-state index contributed by atoms with van der Waals surface area (Å²) < 4.78 is 40.7. The maximum absolute atomic E-state index is 12.7. The van der Waals surface area contributed by atoms with E-state index in [1.165, 1.54) is 30.6 Å². The highest BCUT2D eigenvalue weighted by Gasteiger charge is 2.31. The van der Waals surface area contributed by atoms with Crippen molar-refractivity contribution in [2.24, 2.45) is 0 Å². The molecule has 1 amide bonds. The molecule has 3 heterocycles. The van der Waals surface area contributed by atoms with Gasteiger partial charge in [-0.25, -0.2) is 9.97 Å². The van der Waals surface area contributed by atoms with E-state index in [1.807, 2.05) is 12.2 Å². The molecule has 0 atom stereocenters. The predicted octanol–water partition coefficient (Wildman–Crippen LogP) is 5.77. The van der Waals surface area contributed by atoms with Gasteiger partial charge >= 0.3 is 6.36 Å². The first-order valence-corrected chi connectivity index (χ1v) is 12.0. The molecule has 0 radical (unpaired) electrons. The van der Waals surface area contributed by atoms with Crippen molar-refractivity contribution in [1.29, 1.82) is 0 Å². The number of hydrogen-bond donors (Lipinski definition) is 1. The Kier molecular flexibility index (Phi) is 8.52. The van der Waals surface area contributed by atoms with Gasteiger partial charge in [0, 0.05) is 50.7 Å². The number of aromatic nitrogens is 2. The van der Waals surface area contributed by atoms with Gasteiger partial charge in [-0.1, -0.05) is 47.5 Å². The molecule has 0 unspecified atom stereocenters. The third-order valence-corrected chi connectivity index (χ3v) is 5.94. The number of ether oxygens (including phenoxy) is 1. The maximum atomic E-state index is 12.7. The van der Waals surface area contributed by atoms with E-state index >= 15 is 0 Å². The highest BCUT2D eigenvalue weighted by molar-refractivity contribution is 6.31. The molecule has 0 spiro atoms. The highest BCUT2D eigenvalue weighted by Crippen LogP contribution is 2.28. The first kappa shape index (κ1) is 26.7. The molecule has 0 bridgehead atoms. The van der Waals surface area contributed by atoms with Crippen LogP contribution in [0.5, 0.6) is 5.75 Å². The standard InChI is InChI=1S/C25H22Cl2F3N5O2/c26-19-15-21(33-24(36)18-7-8-31-22(27)14-18)23(32-16-19)35-12-10-34(11-13-35)9-1-2-17-3-5-20(6-4-17)37-25(28,29)30/h1-8,14-16H,9-13H2,(H,33,36)/b2-1+. The summed E-state index contributed by atoms with van der Waals surface area (Å²) in [5, 5.41) is 3.48. The van der Waals surface area contributed by atoms with E-state index in [0.717, 1.165) is 18.7 Å². The fourth-order valence-electron chi connectivity index (χ4n) is 3.77. The fraction of sp³-hybridized carbons (Fsp3) is 0.240. The number of carbonyl (C=O) groups is 1. The van der Waals surface area contributed by atoms with Crippen LogP contribution in [0.25, 0.3) is 6.08 Å². The summed E-state index contributed by atoms with van der Waals surface area (Å²) in [7, 11) is 0. The van der Waals surface area contributed by atoms with E-state index in [-0.39, 0.29) is 16.8 Å². The van der Waals surface area contributed by atoms with E-state index in [4.69, 9.17) is 23.2 Å². The summed E-state index contributed by atoms with van der Waals surface area (Å²) in [6, 6.07) is 10.4. The zero-order valence-electron chi connectivity index (χ0n) is 19.4. The van der Waals surface area contributed by atoms with Crippen LogP contribution in [-0.4, -0.2) is 59.9 Å². The lowest BCUT2D eigenvalue weighted by molar-refractivity contribution is -0.274. The number of carbonyl (C=O) groups excluding carboxylic acids is 1. The van der Waals surface area contributed by atoms with E-state index in [9.17, 15) is 18.0 Å². The largest absolute Gasteiger partial charge is 0.573 e. The number of amides is 1. The quantitative estimate of drug-likeness (QED) is 0.376. The number of halogens is 5. The van der Waals surface area contributed by atoms with Gasteiger partial charge in [0.05, 0.1) is 10.7 Å². The predicted molar refractivity (Wildman–Crippen MR) is 137 cm³/mol. The second kappa shape index (κ2) is 11.8. The van der Waals surface area contributed by atoms with Gasteiger partial charge < -0.3 is 15.0 Å². The molecular formula is C25H22Cl2F3N5O2. The zero-order valence-corrected chi connectivity index (χ0v) is 20.9. The molecule has 12 heteroatoms. The van der Waals surface area contributed by atoms with Crippen molar-refractivity contribution in [2.75, 3.05) is 42.9 Å². The summed E-state index contributed by atoms with van der Waals surface area (Å²) in [6.07, 6.45) is 2.10. The Morgan fingerprint density at radius 3 is 2.46 bits per heavy atom. The number of benzene rings is 1. The summed E-state index contributed by atoms with van der Waals surface area (Å²) in [4.78, 5) is 25.4. The van der Waals surface area contributed by atoms with Gasteiger partial charge in [0.1, 0.15) is 10.9 Å². The summed E-state index contributed by atoms with van der Waals surface area (Å²) >= 11 is 12.0. The molecule has 194 valence electrons. The van der Waals surface area contributed by atoms with Crippen LogP contribution in [0.2, 0.25) is 10.2 Å². The Bertz CT molecular complexity index is 1260. The maximum Gasteiger partial charge on any atom is 0.573 e. The SMILES string of the molecule is O=C(Nc1cc(Cl)cnc1N1CCN(C/C=C/c2ccc(OC(F)(F)F)cc2)CC1)c1ccnc(Cl)c1. The molecule has 0 aliphatic carbocycles. The lowest BCUT2D eigenvalue weighted by Gasteiger charge is -2.35. The average molecular weight is 552 g/mol. The Labute approximate surface area is 221 Å². The Morgan fingerprint density at radius 2 is 1.78 bits per heavy atom. The van der Waals surface area contributed by atoms with Crippen LogP contribution in [-0.2, 0) is 0 Å². The number of rotatable bonds is 7. The van der Waals surface area contributed by atoms with Crippen molar-refractivity contribution in [3.8, 4) is 5.75 Å². The van der Waals surface area contributed by atoms with Crippen molar-refractivity contribution in [1.82, 2.24) is 14.9 Å². The van der Waals surface area contributed by atoms with Gasteiger partial charge in [-0.15, -0.1) is 13.2 Å². The Morgan fingerprint density at radius 1 is 1.05 bits per heavy atom. The molecule has 1 aliphatic rings. The van der Waals surface area contributed by atoms with Crippen LogP contribution in [0, 0.1) is 0 Å². The van der Waals surface area contributed by atoms with Gasteiger partial charge in [0.15, 0.2) is 5.82 Å². The van der Waals surface area contributed by atoms with E-state index in [1.54, 1.807) is 24.3 Å². The number of nitrogens with one attached hydrogen (secondary N) is 1. The molecule has 7 nitrogen and oxygen atoms in total. The molecule has 1 aliphatic heterocycles. The van der Waals surface area contributed by atoms with Gasteiger partial charge in [0.25, 0.3) is 5.91 Å². The minimum Gasteiger partial charge on any atom is -0.406 e. The number of alkyl halides is 3. The van der Waals surface area contributed by atoms with Crippen LogP contribution in [0.4, 0.5) is 24.7 Å². The molecule has 4 rings (SSSR count). The number of nitrogens with zero attached hydrogens (tertiary/aromatic N) is 4. The molecule has 37 heavy (non-hydrogen) atoms. The van der Waals surface area contributed by atoms with E-state index in [0.29, 0.717) is 41.7 Å². The minimum atomic E-state index is -4.71. The van der Waals surface area contributed by atoms with Crippen LogP contribution in [0.1, 0.15) is 15.9 Å². The first-order valence-electron chi connectivity index (χ1n) is 11.2. The first-order chi connectivity index (χ1) is 17.7. The number of anilines is 2. The second-order valence-corrected chi connectivity index (χ2v) is 8.98. The van der Waals surface area contributed by atoms with Gasteiger partial charge in [-0.3, -0.25) is 9.69 Å². The summed E-state index contributed by atoms with van der Waals surface area (Å²) in [5.41, 5.74) is 1.64. The van der Waals surface area contributed by atoms with Crippen molar-refractivity contribution >= 4 is 46.7 Å². The number of piperazine rings is 1. The Hall–Kier alpha value is -3.34. The van der Waals surface area contributed by atoms with E-state index < -0.39 is 6.36 Å². The molecule has 2 aromatic heterocycles. The van der Waals surface area contributed by atoms with Gasteiger partial charge in [-0.2, -0.15) is 0 Å². The lowest BCUT2D eigenvalue weighted by Crippen LogP contribution is -2.46. The second-order valence-electron chi connectivity index (χ2n) is 8.15. The van der Waals surface area contributed by atoms with Crippen LogP contribution in [0.15, 0.2) is 60.9 Å². The topological polar surface area (TPSA) is 70.6 Å². The Balaban J connectivity index is 1.32. The molecular weight excluding hydrogens is 530 g/mol. The zero-order chi connectivity index (χ0) is 26.4. The molecule has 0 saturated carbocycles. The fourth-order valence-corrected chi connectivity index (χ4v) is 4.11. The van der Waals surface area contributed by atoms with Crippen LogP contribution in [0.3, 0.4) is 0 Å². The third-order valence-electron chi connectivity index (χ3n) is 5.53. The summed E-state index contributed by atoms with van der Waals surface area (Å²) in [5.74, 6) is 0.0161. The molecule has 3 aromatic rings. The van der Waals surface area contributed by atoms with E-state index in [2.05, 4.69) is 29.8 Å². The van der Waals surface area contributed by atoms with Gasteiger partial charge in [0.2, 0.25) is 0 Å². The smallest absolute Gasteiger partial charge is 0.406 e. The number of pyridine rings is 2. The van der Waals surface area contributed by atoms with Crippen LogP contribution < -0.4 is 15.0 Å². The molecule has 1 N–H and O–H groups in total. The monoisotopic (exact) mass is 551 g/mol. The number of hydrogen-bond acceptors (Lipinski definition) is 6. The van der Waals surface area contributed by atoms with Crippen LogP contribution >= 0.6 is 23.2 Å². The lowest BCUT2D eigenvalue weighted by atomic mass is 10.2. The average Bonchev–Trinajstić information content (AvgIpc) is 2.85. The molecule has 1 fully saturated rings. The van der Waals surface area contributed by atoms with Crippen molar-refractivity contribution in [3.63, 3.8) is 0 Å². The molecule has 1 aromatic carbocycles. The minimum absolute atomic E-state index is 0.217. The third kappa shape index (κ3) is 7.82. The normalized spacial score (nSPS) is 14.7. The van der Waals surface area contributed by atoms with Crippen molar-refractivity contribution < 1.29 is 22.7 Å².